The van der Waals surface area contributed by atoms with Gasteiger partial charge in [0.05, 0.1) is 18.9 Å². The Kier molecular flexibility index (Phi) is 6.30. The Hall–Kier alpha value is -1.26. The third-order valence-corrected chi connectivity index (χ3v) is 3.19. The lowest BCUT2D eigenvalue weighted by molar-refractivity contribution is -0.117. The van der Waals surface area contributed by atoms with Gasteiger partial charge in [-0.25, -0.2) is 0 Å². The van der Waals surface area contributed by atoms with Crippen LogP contribution in [0.25, 0.3) is 0 Å². The van der Waals surface area contributed by atoms with E-state index in [1.807, 2.05) is 39.8 Å². The van der Waals surface area contributed by atoms with Gasteiger partial charge in [-0.15, -0.1) is 11.6 Å². The maximum absolute atomic E-state index is 12.1. The summed E-state index contributed by atoms with van der Waals surface area (Å²) in [6, 6.07) is 3.92. The summed E-state index contributed by atoms with van der Waals surface area (Å²) in [6.07, 6.45) is 0.0248. The lowest BCUT2D eigenvalue weighted by Gasteiger charge is -2.27. The number of nitrogens with zero attached hydrogens (tertiary/aromatic N) is 1. The molecule has 1 aromatic rings. The third-order valence-electron chi connectivity index (χ3n) is 2.96. The zero-order chi connectivity index (χ0) is 15.3. The van der Waals surface area contributed by atoms with Gasteiger partial charge >= 0.3 is 0 Å². The summed E-state index contributed by atoms with van der Waals surface area (Å²) in [4.78, 5) is 13.7. The van der Waals surface area contributed by atoms with Crippen LogP contribution in [0.4, 0.5) is 5.69 Å². The second-order valence-corrected chi connectivity index (χ2v) is 5.15. The highest BCUT2D eigenvalue weighted by molar-refractivity contribution is 6.29. The predicted octanol–water partition coefficient (Wildman–Crippen LogP) is 3.27. The number of anilines is 1. The van der Waals surface area contributed by atoms with Crippen LogP contribution in [-0.2, 0) is 9.53 Å². The van der Waals surface area contributed by atoms with Gasteiger partial charge in [0.2, 0.25) is 5.91 Å². The number of alkyl halides is 1. The predicted molar refractivity (Wildman–Crippen MR) is 81.8 cm³/mol. The summed E-state index contributed by atoms with van der Waals surface area (Å²) < 4.78 is 11.0. The molecule has 0 fully saturated rings. The van der Waals surface area contributed by atoms with Gasteiger partial charge in [-0.1, -0.05) is 12.1 Å². The topological polar surface area (TPSA) is 38.8 Å². The van der Waals surface area contributed by atoms with Crippen molar-refractivity contribution in [2.45, 2.75) is 33.8 Å². The van der Waals surface area contributed by atoms with Crippen molar-refractivity contribution in [3.8, 4) is 5.75 Å². The van der Waals surface area contributed by atoms with Gasteiger partial charge in [0.1, 0.15) is 18.4 Å². The van der Waals surface area contributed by atoms with Gasteiger partial charge in [-0.05, 0) is 38.8 Å². The maximum atomic E-state index is 12.1. The highest BCUT2D eigenvalue weighted by Gasteiger charge is 2.22. The van der Waals surface area contributed by atoms with Gasteiger partial charge in [0.25, 0.3) is 0 Å². The van der Waals surface area contributed by atoms with Crippen LogP contribution in [0.2, 0.25) is 0 Å². The fourth-order valence-corrected chi connectivity index (χ4v) is 2.06. The number of carbonyl (C=O) groups is 1. The van der Waals surface area contributed by atoms with E-state index in [1.165, 1.54) is 4.90 Å². The molecule has 0 saturated carbocycles. The van der Waals surface area contributed by atoms with Crippen molar-refractivity contribution in [1.82, 2.24) is 0 Å². The molecule has 0 saturated heterocycles. The zero-order valence-electron chi connectivity index (χ0n) is 12.7. The number of hydrogen-bond acceptors (Lipinski definition) is 3. The first kappa shape index (κ1) is 16.8. The fraction of sp³-hybridized carbons (Fsp3) is 0.533. The Balaban J connectivity index is 3.25. The van der Waals surface area contributed by atoms with Gasteiger partial charge in [0, 0.05) is 0 Å². The fourth-order valence-electron chi connectivity index (χ4n) is 1.92. The second-order valence-electron chi connectivity index (χ2n) is 4.88. The molecule has 1 rings (SSSR count). The molecule has 0 N–H and O–H groups in total. The highest BCUT2D eigenvalue weighted by Crippen LogP contribution is 2.35. The van der Waals surface area contributed by atoms with Gasteiger partial charge in [-0.2, -0.15) is 0 Å². The maximum Gasteiger partial charge on any atom is 0.243 e. The molecule has 112 valence electrons. The van der Waals surface area contributed by atoms with Crippen molar-refractivity contribution in [2.24, 2.45) is 0 Å². The van der Waals surface area contributed by atoms with Crippen molar-refractivity contribution in [3.63, 3.8) is 0 Å². The minimum absolute atomic E-state index is 0.0248. The molecule has 0 bridgehead atoms. The molecule has 0 spiro atoms. The molecule has 0 unspecified atom stereocenters. The zero-order valence-corrected chi connectivity index (χ0v) is 13.5. The van der Waals surface area contributed by atoms with Crippen LogP contribution in [0, 0.1) is 13.8 Å². The monoisotopic (exact) mass is 299 g/mol. The first-order chi connectivity index (χ1) is 9.42. The molecule has 0 radical (unpaired) electrons. The Bertz CT molecular complexity index is 474. The molecule has 1 aromatic carbocycles. The largest absolute Gasteiger partial charge is 0.494 e. The van der Waals surface area contributed by atoms with Crippen LogP contribution in [0.3, 0.4) is 0 Å². The number of aryl methyl sites for hydroxylation is 2. The number of methoxy groups -OCH3 is 1. The normalized spacial score (nSPS) is 10.8. The number of rotatable bonds is 6. The number of amides is 1. The summed E-state index contributed by atoms with van der Waals surface area (Å²) in [5.41, 5.74) is 2.63. The average Bonchev–Trinajstić information content (AvgIpc) is 2.41. The summed E-state index contributed by atoms with van der Waals surface area (Å²) >= 11 is 5.71. The number of hydrogen-bond donors (Lipinski definition) is 0. The Labute approximate surface area is 125 Å². The van der Waals surface area contributed by atoms with Crippen molar-refractivity contribution in [1.29, 1.82) is 0 Å². The summed E-state index contributed by atoms with van der Waals surface area (Å²) in [7, 11) is 1.60. The number of halogens is 1. The molecular formula is C15H22ClNO3. The molecule has 1 amide bonds. The van der Waals surface area contributed by atoms with E-state index in [1.54, 1.807) is 7.11 Å². The minimum Gasteiger partial charge on any atom is -0.494 e. The van der Waals surface area contributed by atoms with Crippen molar-refractivity contribution >= 4 is 23.2 Å². The van der Waals surface area contributed by atoms with E-state index < -0.39 is 0 Å². The lowest BCUT2D eigenvalue weighted by Crippen LogP contribution is -2.36. The van der Waals surface area contributed by atoms with Crippen molar-refractivity contribution < 1.29 is 14.3 Å². The van der Waals surface area contributed by atoms with Gasteiger partial charge < -0.3 is 9.47 Å². The lowest BCUT2D eigenvalue weighted by atomic mass is 10.1. The molecule has 0 heterocycles. The van der Waals surface area contributed by atoms with Gasteiger partial charge in [0.15, 0.2) is 0 Å². The third kappa shape index (κ3) is 3.87. The van der Waals surface area contributed by atoms with E-state index in [2.05, 4.69) is 0 Å². The highest BCUT2D eigenvalue weighted by atomic mass is 35.5. The second kappa shape index (κ2) is 7.50. The van der Waals surface area contributed by atoms with E-state index in [9.17, 15) is 4.79 Å². The van der Waals surface area contributed by atoms with Crippen molar-refractivity contribution in [3.05, 3.63) is 23.3 Å². The smallest absolute Gasteiger partial charge is 0.243 e. The Morgan fingerprint density at radius 2 is 1.90 bits per heavy atom. The van der Waals surface area contributed by atoms with E-state index in [-0.39, 0.29) is 24.6 Å². The number of carbonyl (C=O) groups excluding carboxylic acids is 1. The standard InChI is InChI=1S/C15H22ClNO3/c1-10(2)20-9-17(13(18)8-16)14-11(3)6-7-12(4)15(14)19-5/h6-7,10H,8-9H2,1-5H3. The molecule has 0 aliphatic heterocycles. The molecule has 0 aromatic heterocycles. The average molecular weight is 300 g/mol. The van der Waals surface area contributed by atoms with E-state index in [0.717, 1.165) is 16.8 Å². The quantitative estimate of drug-likeness (QED) is 0.598. The summed E-state index contributed by atoms with van der Waals surface area (Å²) in [6.45, 7) is 7.87. The molecular weight excluding hydrogens is 278 g/mol. The number of benzene rings is 1. The molecule has 0 aliphatic carbocycles. The summed E-state index contributed by atoms with van der Waals surface area (Å²) in [5, 5.41) is 0. The van der Waals surface area contributed by atoms with Crippen LogP contribution < -0.4 is 9.64 Å². The first-order valence-corrected chi connectivity index (χ1v) is 7.08. The molecule has 0 aliphatic rings. The van der Waals surface area contributed by atoms with E-state index in [0.29, 0.717) is 5.75 Å². The van der Waals surface area contributed by atoms with Crippen LogP contribution in [0.15, 0.2) is 12.1 Å². The summed E-state index contributed by atoms with van der Waals surface area (Å²) in [5.74, 6) is 0.369. The van der Waals surface area contributed by atoms with Crippen molar-refractivity contribution in [2.75, 3.05) is 24.6 Å². The molecule has 0 atom stereocenters. The Morgan fingerprint density at radius 3 is 2.40 bits per heavy atom. The van der Waals surface area contributed by atoms with Gasteiger partial charge in [-0.3, -0.25) is 9.69 Å². The first-order valence-electron chi connectivity index (χ1n) is 6.54. The minimum atomic E-state index is -0.209. The van der Waals surface area contributed by atoms with Crippen LogP contribution in [-0.4, -0.2) is 31.7 Å². The van der Waals surface area contributed by atoms with Crippen LogP contribution in [0.1, 0.15) is 25.0 Å². The van der Waals surface area contributed by atoms with Crippen LogP contribution in [0.5, 0.6) is 5.75 Å². The van der Waals surface area contributed by atoms with E-state index in [4.69, 9.17) is 21.1 Å². The molecule has 20 heavy (non-hydrogen) atoms. The molecule has 4 nitrogen and oxygen atoms in total. The Morgan fingerprint density at radius 1 is 1.30 bits per heavy atom. The molecule has 5 heteroatoms. The van der Waals surface area contributed by atoms with E-state index >= 15 is 0 Å². The number of ether oxygens (including phenoxy) is 2. The van der Waals surface area contributed by atoms with Crippen LogP contribution >= 0.6 is 11.6 Å². The SMILES string of the molecule is COc1c(C)ccc(C)c1N(COC(C)C)C(=O)CCl.